The number of methoxy groups -OCH3 is 1. The average molecular weight is 319 g/mol. The van der Waals surface area contributed by atoms with E-state index in [9.17, 15) is 23.4 Å². The van der Waals surface area contributed by atoms with Crippen LogP contribution in [0.1, 0.15) is 17.5 Å². The molecule has 3 N–H and O–H groups in total. The molecule has 4 unspecified atom stereocenters. The molecular weight excluding hydrogens is 299 g/mol. The third kappa shape index (κ3) is 3.98. The lowest BCUT2D eigenvalue weighted by Crippen LogP contribution is -2.39. The summed E-state index contributed by atoms with van der Waals surface area (Å²) in [5.41, 5.74) is -0.220. The molecule has 4 atom stereocenters. The average Bonchev–Trinajstić information content (AvgIpc) is 2.73. The van der Waals surface area contributed by atoms with Crippen LogP contribution in [0.15, 0.2) is 24.3 Å². The molecule has 7 heteroatoms. The standard InChI is InChI=1S/C15H20F3NO3/c1-22-8-10-6-12(14(21)13(10)20)19-7-9-3-2-4-11(5-9)15(16,17)18/h2-5,10,12-14,19-21H,6-8H2,1H3. The van der Waals surface area contributed by atoms with Crippen molar-refractivity contribution in [3.8, 4) is 0 Å². The van der Waals surface area contributed by atoms with Gasteiger partial charge in [0.05, 0.1) is 24.4 Å². The maximum absolute atomic E-state index is 12.7. The van der Waals surface area contributed by atoms with Crippen molar-refractivity contribution < 1.29 is 28.1 Å². The van der Waals surface area contributed by atoms with Gasteiger partial charge in [0.1, 0.15) is 0 Å². The Hall–Kier alpha value is -1.15. The van der Waals surface area contributed by atoms with Crippen molar-refractivity contribution in [2.75, 3.05) is 13.7 Å². The van der Waals surface area contributed by atoms with E-state index in [2.05, 4.69) is 5.32 Å². The molecular formula is C15H20F3NO3. The molecule has 1 aromatic carbocycles. The van der Waals surface area contributed by atoms with Gasteiger partial charge in [-0.1, -0.05) is 18.2 Å². The van der Waals surface area contributed by atoms with Crippen LogP contribution in [0.5, 0.6) is 0 Å². The van der Waals surface area contributed by atoms with Gasteiger partial charge >= 0.3 is 6.18 Å². The van der Waals surface area contributed by atoms with Crippen molar-refractivity contribution in [2.45, 2.75) is 37.4 Å². The zero-order valence-corrected chi connectivity index (χ0v) is 12.2. The minimum absolute atomic E-state index is 0.181. The molecule has 22 heavy (non-hydrogen) atoms. The monoisotopic (exact) mass is 319 g/mol. The number of halogens is 3. The highest BCUT2D eigenvalue weighted by molar-refractivity contribution is 5.25. The van der Waals surface area contributed by atoms with Crippen LogP contribution in [-0.2, 0) is 17.5 Å². The Kier molecular flexibility index (Phi) is 5.44. The van der Waals surface area contributed by atoms with E-state index in [0.29, 0.717) is 18.6 Å². The van der Waals surface area contributed by atoms with Gasteiger partial charge < -0.3 is 20.3 Å². The zero-order valence-electron chi connectivity index (χ0n) is 12.2. The lowest BCUT2D eigenvalue weighted by Gasteiger charge is -2.18. The highest BCUT2D eigenvalue weighted by Crippen LogP contribution is 2.30. The van der Waals surface area contributed by atoms with Gasteiger partial charge in [0.25, 0.3) is 0 Å². The van der Waals surface area contributed by atoms with E-state index >= 15 is 0 Å². The van der Waals surface area contributed by atoms with E-state index in [4.69, 9.17) is 4.74 Å². The molecule has 0 aromatic heterocycles. The Balaban J connectivity index is 1.96. The fraction of sp³-hybridized carbons (Fsp3) is 0.600. The summed E-state index contributed by atoms with van der Waals surface area (Å²) in [6.45, 7) is 0.526. The van der Waals surface area contributed by atoms with Gasteiger partial charge in [-0.3, -0.25) is 0 Å². The van der Waals surface area contributed by atoms with Crippen LogP contribution >= 0.6 is 0 Å². The first-order valence-electron chi connectivity index (χ1n) is 7.07. The Morgan fingerprint density at radius 3 is 2.64 bits per heavy atom. The first-order valence-corrected chi connectivity index (χ1v) is 7.07. The number of alkyl halides is 3. The third-order valence-corrected chi connectivity index (χ3v) is 4.01. The molecule has 1 aliphatic rings. The number of benzene rings is 1. The van der Waals surface area contributed by atoms with Crippen molar-refractivity contribution in [2.24, 2.45) is 5.92 Å². The summed E-state index contributed by atoms with van der Waals surface area (Å²) in [5, 5.41) is 22.9. The molecule has 0 bridgehead atoms. The van der Waals surface area contributed by atoms with Crippen LogP contribution in [0.25, 0.3) is 0 Å². The van der Waals surface area contributed by atoms with Gasteiger partial charge in [-0.25, -0.2) is 0 Å². The van der Waals surface area contributed by atoms with Gasteiger partial charge in [-0.15, -0.1) is 0 Å². The molecule has 0 spiro atoms. The van der Waals surface area contributed by atoms with Crippen molar-refractivity contribution in [1.29, 1.82) is 0 Å². The third-order valence-electron chi connectivity index (χ3n) is 4.01. The number of nitrogens with one attached hydrogen (secondary N) is 1. The van der Waals surface area contributed by atoms with E-state index in [-0.39, 0.29) is 18.5 Å². The highest BCUT2D eigenvalue weighted by atomic mass is 19.4. The first-order chi connectivity index (χ1) is 10.3. The summed E-state index contributed by atoms with van der Waals surface area (Å²) >= 11 is 0. The number of aliphatic hydroxyl groups is 2. The second-order valence-electron chi connectivity index (χ2n) is 5.62. The van der Waals surface area contributed by atoms with Crippen molar-refractivity contribution in [3.05, 3.63) is 35.4 Å². The zero-order chi connectivity index (χ0) is 16.3. The highest BCUT2D eigenvalue weighted by Gasteiger charge is 2.41. The summed E-state index contributed by atoms with van der Waals surface area (Å²) in [4.78, 5) is 0. The molecule has 124 valence electrons. The Morgan fingerprint density at radius 1 is 1.27 bits per heavy atom. The molecule has 0 radical (unpaired) electrons. The van der Waals surface area contributed by atoms with Crippen LogP contribution in [0.2, 0.25) is 0 Å². The van der Waals surface area contributed by atoms with Crippen LogP contribution in [0.3, 0.4) is 0 Å². The molecule has 2 rings (SSSR count). The number of aliphatic hydroxyl groups excluding tert-OH is 2. The van der Waals surface area contributed by atoms with Crippen molar-refractivity contribution in [3.63, 3.8) is 0 Å². The minimum atomic E-state index is -4.37. The van der Waals surface area contributed by atoms with Crippen LogP contribution in [0, 0.1) is 5.92 Å². The number of hydrogen-bond acceptors (Lipinski definition) is 4. The number of ether oxygens (including phenoxy) is 1. The van der Waals surface area contributed by atoms with E-state index in [1.54, 1.807) is 6.07 Å². The van der Waals surface area contributed by atoms with Crippen LogP contribution in [-0.4, -0.2) is 42.2 Å². The van der Waals surface area contributed by atoms with Gasteiger partial charge in [-0.2, -0.15) is 13.2 Å². The topological polar surface area (TPSA) is 61.7 Å². The van der Waals surface area contributed by atoms with Gasteiger partial charge in [0.15, 0.2) is 0 Å². The summed E-state index contributed by atoms with van der Waals surface area (Å²) < 4.78 is 42.9. The van der Waals surface area contributed by atoms with Crippen molar-refractivity contribution in [1.82, 2.24) is 5.32 Å². The Morgan fingerprint density at radius 2 is 2.00 bits per heavy atom. The predicted molar refractivity (Wildman–Crippen MR) is 74.1 cm³/mol. The predicted octanol–water partition coefficient (Wildman–Crippen LogP) is 1.55. The van der Waals surface area contributed by atoms with E-state index in [1.165, 1.54) is 13.2 Å². The number of hydrogen-bond donors (Lipinski definition) is 3. The first kappa shape index (κ1) is 17.2. The molecule has 4 nitrogen and oxygen atoms in total. The molecule has 1 aromatic rings. The molecule has 1 aliphatic carbocycles. The maximum Gasteiger partial charge on any atom is 0.416 e. The Bertz CT molecular complexity index is 495. The quantitative estimate of drug-likeness (QED) is 0.771. The fourth-order valence-corrected chi connectivity index (χ4v) is 2.81. The van der Waals surface area contributed by atoms with Crippen molar-refractivity contribution >= 4 is 0 Å². The Labute approximate surface area is 126 Å². The van der Waals surface area contributed by atoms with Crippen LogP contribution < -0.4 is 5.32 Å². The molecule has 1 saturated carbocycles. The summed E-state index contributed by atoms with van der Waals surface area (Å²) in [6.07, 6.45) is -5.71. The largest absolute Gasteiger partial charge is 0.416 e. The van der Waals surface area contributed by atoms with Crippen LogP contribution in [0.4, 0.5) is 13.2 Å². The van der Waals surface area contributed by atoms with Gasteiger partial charge in [-0.05, 0) is 18.1 Å². The maximum atomic E-state index is 12.7. The smallest absolute Gasteiger partial charge is 0.390 e. The number of rotatable bonds is 5. The van der Waals surface area contributed by atoms with E-state index in [0.717, 1.165) is 12.1 Å². The second kappa shape index (κ2) is 6.95. The normalized spacial score (nSPS) is 29.0. The summed E-state index contributed by atoms with van der Waals surface area (Å²) in [7, 11) is 1.52. The van der Waals surface area contributed by atoms with E-state index < -0.39 is 23.9 Å². The molecule has 0 aliphatic heterocycles. The van der Waals surface area contributed by atoms with Gasteiger partial charge in [0.2, 0.25) is 0 Å². The second-order valence-corrected chi connectivity index (χ2v) is 5.62. The minimum Gasteiger partial charge on any atom is -0.390 e. The lowest BCUT2D eigenvalue weighted by molar-refractivity contribution is -0.137. The van der Waals surface area contributed by atoms with E-state index in [1.807, 2.05) is 0 Å². The lowest BCUT2D eigenvalue weighted by atomic mass is 10.1. The molecule has 1 fully saturated rings. The molecule has 0 saturated heterocycles. The summed E-state index contributed by atoms with van der Waals surface area (Å²) in [5.74, 6) is -0.181. The molecule has 0 amide bonds. The molecule has 0 heterocycles. The fourth-order valence-electron chi connectivity index (χ4n) is 2.81. The van der Waals surface area contributed by atoms with Gasteiger partial charge in [0, 0.05) is 25.6 Å². The summed E-state index contributed by atoms with van der Waals surface area (Å²) in [6, 6.07) is 4.67. The SMILES string of the molecule is COCC1CC(NCc2cccc(C(F)(F)F)c2)C(O)C1O.